The normalized spacial score (nSPS) is 13.0. The second kappa shape index (κ2) is 8.34. The minimum absolute atomic E-state index is 0.0797. The van der Waals surface area contributed by atoms with Crippen molar-refractivity contribution in [2.24, 2.45) is 5.92 Å². The first-order valence-electron chi connectivity index (χ1n) is 8.01. The van der Waals surface area contributed by atoms with Crippen LogP contribution in [-0.4, -0.2) is 31.0 Å². The fraction of sp³-hybridized carbons (Fsp3) is 0.588. The quantitative estimate of drug-likeness (QED) is 0.681. The summed E-state index contributed by atoms with van der Waals surface area (Å²) in [5.74, 6) is 0.211. The Bertz CT molecular complexity index is 625. The second-order valence-corrected chi connectivity index (χ2v) is 7.81. The van der Waals surface area contributed by atoms with Crippen molar-refractivity contribution in [1.29, 1.82) is 0 Å². The molecular weight excluding hydrogens is 314 g/mol. The van der Waals surface area contributed by atoms with Gasteiger partial charge in [-0.3, -0.25) is 4.79 Å². The van der Waals surface area contributed by atoms with Crippen molar-refractivity contribution in [2.75, 3.05) is 5.75 Å². The van der Waals surface area contributed by atoms with E-state index in [0.717, 1.165) is 12.0 Å². The molecule has 5 nitrogen and oxygen atoms in total. The number of rotatable bonds is 8. The second-order valence-electron chi connectivity index (χ2n) is 5.96. The summed E-state index contributed by atoms with van der Waals surface area (Å²) in [5, 5.41) is 0. The van der Waals surface area contributed by atoms with Gasteiger partial charge in [-0.05, 0) is 38.0 Å². The first-order valence-corrected chi connectivity index (χ1v) is 9.59. The third-order valence-corrected chi connectivity index (χ3v) is 4.88. The average Bonchev–Trinajstić information content (AvgIpc) is 2.51. The molecule has 6 heteroatoms. The molecule has 1 aromatic carbocycles. The van der Waals surface area contributed by atoms with E-state index in [1.54, 1.807) is 18.2 Å². The number of hydrogen-bond donors (Lipinski definition) is 0. The van der Waals surface area contributed by atoms with Crippen LogP contribution in [0.1, 0.15) is 46.6 Å². The van der Waals surface area contributed by atoms with Crippen LogP contribution in [0.3, 0.4) is 0 Å². The molecule has 1 rings (SSSR count). The molecule has 1 aromatic rings. The van der Waals surface area contributed by atoms with Crippen LogP contribution in [0.15, 0.2) is 24.3 Å². The van der Waals surface area contributed by atoms with E-state index in [9.17, 15) is 13.2 Å². The minimum Gasteiger partial charge on any atom is -0.382 e. The highest BCUT2D eigenvalue weighted by Gasteiger charge is 2.22. The smallest absolute Gasteiger partial charge is 0.308 e. The third-order valence-electron chi connectivity index (χ3n) is 3.73. The van der Waals surface area contributed by atoms with Crippen molar-refractivity contribution in [3.63, 3.8) is 0 Å². The van der Waals surface area contributed by atoms with Gasteiger partial charge in [0.2, 0.25) is 5.91 Å². The van der Waals surface area contributed by atoms with Crippen LogP contribution >= 0.6 is 0 Å². The molecule has 1 atom stereocenters. The fourth-order valence-corrected chi connectivity index (χ4v) is 2.62. The SMILES string of the molecule is CC[C@@H](C)N(Cc1cccc(OS(=O)(=O)CC)c1)C(=O)C(C)C. The molecule has 0 heterocycles. The Balaban J connectivity index is 2.99. The largest absolute Gasteiger partial charge is 0.382 e. The lowest BCUT2D eigenvalue weighted by atomic mass is 10.1. The van der Waals surface area contributed by atoms with E-state index in [2.05, 4.69) is 0 Å². The van der Waals surface area contributed by atoms with Crippen LogP contribution < -0.4 is 4.18 Å². The molecule has 0 fully saturated rings. The zero-order valence-electron chi connectivity index (χ0n) is 14.6. The number of carbonyl (C=O) groups is 1. The molecule has 0 spiro atoms. The Labute approximate surface area is 139 Å². The van der Waals surface area contributed by atoms with Crippen LogP contribution in [0.25, 0.3) is 0 Å². The van der Waals surface area contributed by atoms with Crippen molar-refractivity contribution >= 4 is 16.0 Å². The van der Waals surface area contributed by atoms with Gasteiger partial charge in [0.1, 0.15) is 5.75 Å². The molecule has 1 amide bonds. The van der Waals surface area contributed by atoms with Crippen molar-refractivity contribution in [2.45, 2.75) is 53.6 Å². The van der Waals surface area contributed by atoms with E-state index >= 15 is 0 Å². The number of benzene rings is 1. The zero-order valence-corrected chi connectivity index (χ0v) is 15.4. The van der Waals surface area contributed by atoms with Crippen LogP contribution in [-0.2, 0) is 21.5 Å². The summed E-state index contributed by atoms with van der Waals surface area (Å²) >= 11 is 0. The van der Waals surface area contributed by atoms with Gasteiger partial charge in [-0.25, -0.2) is 0 Å². The van der Waals surface area contributed by atoms with Crippen LogP contribution in [0.2, 0.25) is 0 Å². The molecule has 0 aliphatic carbocycles. The maximum absolute atomic E-state index is 12.4. The van der Waals surface area contributed by atoms with Crippen LogP contribution in [0, 0.1) is 5.92 Å². The summed E-state index contributed by atoms with van der Waals surface area (Å²) < 4.78 is 28.2. The average molecular weight is 341 g/mol. The Morgan fingerprint density at radius 1 is 1.22 bits per heavy atom. The maximum Gasteiger partial charge on any atom is 0.308 e. The lowest BCUT2D eigenvalue weighted by molar-refractivity contribution is -0.137. The van der Waals surface area contributed by atoms with E-state index in [4.69, 9.17) is 4.18 Å². The van der Waals surface area contributed by atoms with E-state index in [1.165, 1.54) is 6.92 Å². The molecule has 0 saturated heterocycles. The Morgan fingerprint density at radius 2 is 1.87 bits per heavy atom. The molecule has 0 saturated carbocycles. The summed E-state index contributed by atoms with van der Waals surface area (Å²) in [7, 11) is -3.55. The molecule has 130 valence electrons. The minimum atomic E-state index is -3.55. The van der Waals surface area contributed by atoms with Crippen LogP contribution in [0.4, 0.5) is 0 Å². The third kappa shape index (κ3) is 5.86. The topological polar surface area (TPSA) is 63.7 Å². The van der Waals surface area contributed by atoms with Crippen molar-refractivity contribution < 1.29 is 17.4 Å². The van der Waals surface area contributed by atoms with Gasteiger partial charge in [-0.15, -0.1) is 0 Å². The van der Waals surface area contributed by atoms with E-state index in [1.807, 2.05) is 38.7 Å². The predicted molar refractivity (Wildman–Crippen MR) is 91.7 cm³/mol. The highest BCUT2D eigenvalue weighted by molar-refractivity contribution is 7.87. The number of nitrogens with zero attached hydrogens (tertiary/aromatic N) is 1. The van der Waals surface area contributed by atoms with E-state index < -0.39 is 10.1 Å². The van der Waals surface area contributed by atoms with Gasteiger partial charge in [-0.2, -0.15) is 8.42 Å². The zero-order chi connectivity index (χ0) is 17.6. The van der Waals surface area contributed by atoms with E-state index in [0.29, 0.717) is 6.54 Å². The molecule has 23 heavy (non-hydrogen) atoms. The highest BCUT2D eigenvalue weighted by atomic mass is 32.2. The number of carbonyl (C=O) groups excluding carboxylic acids is 1. The maximum atomic E-state index is 12.4. The Hall–Kier alpha value is -1.56. The van der Waals surface area contributed by atoms with Gasteiger partial charge in [0.25, 0.3) is 0 Å². The summed E-state index contributed by atoms with van der Waals surface area (Å²) in [6.45, 7) is 9.79. The van der Waals surface area contributed by atoms with Gasteiger partial charge >= 0.3 is 10.1 Å². The standard InChI is InChI=1S/C17H27NO4S/c1-6-14(5)18(17(19)13(3)4)12-15-9-8-10-16(11-15)22-23(20,21)7-2/h8-11,13-14H,6-7,12H2,1-5H3/t14-/m1/s1. The molecule has 0 N–H and O–H groups in total. The molecule has 0 aromatic heterocycles. The summed E-state index contributed by atoms with van der Waals surface area (Å²) in [6, 6.07) is 7.01. The number of hydrogen-bond acceptors (Lipinski definition) is 4. The molecule has 0 aliphatic heterocycles. The number of amides is 1. The summed E-state index contributed by atoms with van der Waals surface area (Å²) in [6.07, 6.45) is 0.860. The van der Waals surface area contributed by atoms with Crippen molar-refractivity contribution in [3.05, 3.63) is 29.8 Å². The molecular formula is C17H27NO4S. The van der Waals surface area contributed by atoms with Gasteiger partial charge in [0, 0.05) is 18.5 Å². The molecule has 0 bridgehead atoms. The van der Waals surface area contributed by atoms with Crippen molar-refractivity contribution in [3.8, 4) is 5.75 Å². The first kappa shape index (κ1) is 19.5. The predicted octanol–water partition coefficient (Wildman–Crippen LogP) is 3.20. The highest BCUT2D eigenvalue weighted by Crippen LogP contribution is 2.19. The first-order chi connectivity index (χ1) is 10.7. The Morgan fingerprint density at radius 3 is 2.39 bits per heavy atom. The monoisotopic (exact) mass is 341 g/mol. The summed E-state index contributed by atoms with van der Waals surface area (Å²) in [5.41, 5.74) is 0.850. The molecule has 0 unspecified atom stereocenters. The fourth-order valence-electron chi connectivity index (χ4n) is 2.10. The van der Waals surface area contributed by atoms with Gasteiger partial charge in [0.15, 0.2) is 0 Å². The Kier molecular flexibility index (Phi) is 7.06. The van der Waals surface area contributed by atoms with Crippen LogP contribution in [0.5, 0.6) is 5.75 Å². The van der Waals surface area contributed by atoms with Gasteiger partial charge < -0.3 is 9.08 Å². The lowest BCUT2D eigenvalue weighted by Crippen LogP contribution is -2.40. The van der Waals surface area contributed by atoms with Gasteiger partial charge in [0.05, 0.1) is 5.75 Å². The molecule has 0 radical (unpaired) electrons. The van der Waals surface area contributed by atoms with Crippen molar-refractivity contribution in [1.82, 2.24) is 4.90 Å². The lowest BCUT2D eigenvalue weighted by Gasteiger charge is -2.30. The molecule has 0 aliphatic rings. The van der Waals surface area contributed by atoms with E-state index in [-0.39, 0.29) is 29.4 Å². The van der Waals surface area contributed by atoms with Gasteiger partial charge in [-0.1, -0.05) is 32.9 Å². The summed E-state index contributed by atoms with van der Waals surface area (Å²) in [4.78, 5) is 14.2.